The molecule has 0 saturated heterocycles. The maximum Gasteiger partial charge on any atom is 0.389 e. The molecule has 0 bridgehead atoms. The predicted octanol–water partition coefficient (Wildman–Crippen LogP) is 3.50. The fraction of sp³-hybridized carbons (Fsp3) is 0.462. The molecule has 2 rings (SSSR count). The number of Topliss-reactive ketones (excluding diaryl/α,β-unsaturated/α-hetero) is 1. The number of fused-ring (bicyclic) bond motifs is 1. The van der Waals surface area contributed by atoms with E-state index in [1.807, 2.05) is 24.3 Å². The van der Waals surface area contributed by atoms with E-state index in [-0.39, 0.29) is 18.1 Å². The summed E-state index contributed by atoms with van der Waals surface area (Å²) in [6, 6.07) is 7.59. The fourth-order valence-electron chi connectivity index (χ4n) is 2.20. The van der Waals surface area contributed by atoms with Crippen LogP contribution in [0.5, 0.6) is 0 Å². The average Bonchev–Trinajstić information content (AvgIpc) is 2.70. The van der Waals surface area contributed by atoms with Gasteiger partial charge in [0.2, 0.25) is 0 Å². The van der Waals surface area contributed by atoms with Crippen LogP contribution >= 0.6 is 0 Å². The minimum absolute atomic E-state index is 0.00179. The van der Waals surface area contributed by atoms with Crippen molar-refractivity contribution in [3.05, 3.63) is 29.8 Å². The summed E-state index contributed by atoms with van der Waals surface area (Å²) in [5.74, 6) is -0.322. The van der Waals surface area contributed by atoms with Crippen molar-refractivity contribution in [2.45, 2.75) is 31.4 Å². The molecule has 1 unspecified atom stereocenters. The molecule has 1 aliphatic rings. The minimum Gasteiger partial charge on any atom is -0.384 e. The number of ketones is 1. The van der Waals surface area contributed by atoms with E-state index in [0.717, 1.165) is 11.3 Å². The molecule has 0 aliphatic carbocycles. The lowest BCUT2D eigenvalue weighted by Crippen LogP contribution is -2.13. The van der Waals surface area contributed by atoms with Crippen LogP contribution in [0, 0.1) is 0 Å². The second-order valence-electron chi connectivity index (χ2n) is 4.52. The molecule has 1 aromatic carbocycles. The number of carbonyl (C=O) groups is 1. The van der Waals surface area contributed by atoms with Gasteiger partial charge < -0.3 is 5.32 Å². The Hall–Kier alpha value is -1.52. The molecule has 1 aromatic rings. The van der Waals surface area contributed by atoms with E-state index in [1.165, 1.54) is 0 Å². The Bertz CT molecular complexity index is 442. The molecule has 0 radical (unpaired) electrons. The highest BCUT2D eigenvalue weighted by Crippen LogP contribution is 2.34. The van der Waals surface area contributed by atoms with Gasteiger partial charge in [-0.25, -0.2) is 0 Å². The van der Waals surface area contributed by atoms with Crippen molar-refractivity contribution < 1.29 is 18.0 Å². The molecule has 18 heavy (non-hydrogen) atoms. The van der Waals surface area contributed by atoms with Crippen LogP contribution < -0.4 is 5.32 Å². The third-order valence-electron chi connectivity index (χ3n) is 3.10. The minimum atomic E-state index is -4.25. The first-order valence-electron chi connectivity index (χ1n) is 5.87. The van der Waals surface area contributed by atoms with Crippen LogP contribution in [0.25, 0.3) is 0 Å². The summed E-state index contributed by atoms with van der Waals surface area (Å²) < 4.78 is 36.0. The van der Waals surface area contributed by atoms with E-state index in [1.54, 1.807) is 0 Å². The fourth-order valence-corrected chi connectivity index (χ4v) is 2.20. The van der Waals surface area contributed by atoms with E-state index in [4.69, 9.17) is 0 Å². The molecule has 0 fully saturated rings. The van der Waals surface area contributed by atoms with Crippen LogP contribution in [0.4, 0.5) is 18.9 Å². The first-order valence-corrected chi connectivity index (χ1v) is 5.87. The summed E-state index contributed by atoms with van der Waals surface area (Å²) in [5.41, 5.74) is 2.00. The van der Waals surface area contributed by atoms with Crippen molar-refractivity contribution in [2.24, 2.45) is 0 Å². The van der Waals surface area contributed by atoms with E-state index in [0.29, 0.717) is 6.54 Å². The summed E-state index contributed by atoms with van der Waals surface area (Å²) in [5, 5.41) is 3.15. The molecule has 0 saturated carbocycles. The maximum atomic E-state index is 12.0. The van der Waals surface area contributed by atoms with E-state index < -0.39 is 19.0 Å². The molecule has 0 spiro atoms. The third kappa shape index (κ3) is 3.24. The molecule has 5 heteroatoms. The maximum absolute atomic E-state index is 12.0. The van der Waals surface area contributed by atoms with Gasteiger partial charge in [-0.2, -0.15) is 13.2 Å². The van der Waals surface area contributed by atoms with Gasteiger partial charge in [0.15, 0.2) is 0 Å². The van der Waals surface area contributed by atoms with Crippen LogP contribution in [0.3, 0.4) is 0 Å². The molecular weight excluding hydrogens is 243 g/mol. The van der Waals surface area contributed by atoms with E-state index >= 15 is 0 Å². The Morgan fingerprint density at radius 2 is 2.06 bits per heavy atom. The van der Waals surface area contributed by atoms with Gasteiger partial charge in [0.25, 0.3) is 0 Å². The lowest BCUT2D eigenvalue weighted by molar-refractivity contribution is -0.143. The number of hydrogen-bond acceptors (Lipinski definition) is 2. The van der Waals surface area contributed by atoms with Gasteiger partial charge in [0.1, 0.15) is 5.78 Å². The number of rotatable bonds is 4. The van der Waals surface area contributed by atoms with Gasteiger partial charge in [-0.1, -0.05) is 18.2 Å². The Morgan fingerprint density at radius 3 is 2.78 bits per heavy atom. The van der Waals surface area contributed by atoms with E-state index in [9.17, 15) is 18.0 Å². The zero-order valence-corrected chi connectivity index (χ0v) is 9.76. The van der Waals surface area contributed by atoms with Gasteiger partial charge in [-0.05, 0) is 11.6 Å². The first-order chi connectivity index (χ1) is 8.46. The number of carbonyl (C=O) groups excluding carboxylic acids is 1. The average molecular weight is 257 g/mol. The van der Waals surface area contributed by atoms with Crippen molar-refractivity contribution in [1.82, 2.24) is 0 Å². The summed E-state index contributed by atoms with van der Waals surface area (Å²) >= 11 is 0. The number of anilines is 1. The zero-order valence-electron chi connectivity index (χ0n) is 9.76. The second kappa shape index (κ2) is 5.00. The third-order valence-corrected chi connectivity index (χ3v) is 3.10. The number of alkyl halides is 3. The quantitative estimate of drug-likeness (QED) is 0.894. The number of halogens is 3. The van der Waals surface area contributed by atoms with Crippen molar-refractivity contribution in [1.29, 1.82) is 0 Å². The SMILES string of the molecule is O=C(CCC(F)(F)F)CC1CNc2ccccc21. The highest BCUT2D eigenvalue weighted by molar-refractivity contribution is 5.80. The van der Waals surface area contributed by atoms with Crippen molar-refractivity contribution >= 4 is 11.5 Å². The summed E-state index contributed by atoms with van der Waals surface area (Å²) in [4.78, 5) is 11.5. The molecule has 0 amide bonds. The lowest BCUT2D eigenvalue weighted by atomic mass is 9.94. The van der Waals surface area contributed by atoms with Crippen molar-refractivity contribution in [3.8, 4) is 0 Å². The van der Waals surface area contributed by atoms with Crippen LogP contribution in [0.15, 0.2) is 24.3 Å². The van der Waals surface area contributed by atoms with Crippen LogP contribution in [0.2, 0.25) is 0 Å². The Labute approximate surface area is 103 Å². The first kappa shape index (κ1) is 12.9. The number of para-hydroxylation sites is 1. The number of benzene rings is 1. The highest BCUT2D eigenvalue weighted by atomic mass is 19.4. The normalized spacial score (nSPS) is 18.3. The summed E-state index contributed by atoms with van der Waals surface area (Å²) in [6.45, 7) is 0.622. The Kier molecular flexibility index (Phi) is 3.59. The zero-order chi connectivity index (χ0) is 13.2. The lowest BCUT2D eigenvalue weighted by Gasteiger charge is -2.10. The number of hydrogen-bond donors (Lipinski definition) is 1. The van der Waals surface area contributed by atoms with Gasteiger partial charge in [0.05, 0.1) is 6.42 Å². The number of nitrogens with one attached hydrogen (secondary N) is 1. The largest absolute Gasteiger partial charge is 0.389 e. The molecule has 1 heterocycles. The monoisotopic (exact) mass is 257 g/mol. The summed E-state index contributed by atoms with van der Waals surface area (Å²) in [7, 11) is 0. The molecule has 2 nitrogen and oxygen atoms in total. The second-order valence-corrected chi connectivity index (χ2v) is 4.52. The van der Waals surface area contributed by atoms with Crippen LogP contribution in [0.1, 0.15) is 30.7 Å². The van der Waals surface area contributed by atoms with Gasteiger partial charge >= 0.3 is 6.18 Å². The topological polar surface area (TPSA) is 29.1 Å². The smallest absolute Gasteiger partial charge is 0.384 e. The van der Waals surface area contributed by atoms with Crippen LogP contribution in [-0.4, -0.2) is 18.5 Å². The van der Waals surface area contributed by atoms with Gasteiger partial charge in [-0.3, -0.25) is 4.79 Å². The summed E-state index contributed by atoms with van der Waals surface area (Å²) in [6.07, 6.45) is -5.50. The van der Waals surface area contributed by atoms with Crippen molar-refractivity contribution in [3.63, 3.8) is 0 Å². The van der Waals surface area contributed by atoms with Crippen LogP contribution in [-0.2, 0) is 4.79 Å². The van der Waals surface area contributed by atoms with Crippen molar-refractivity contribution in [2.75, 3.05) is 11.9 Å². The standard InChI is InChI=1S/C13H14F3NO/c14-13(15,16)6-5-10(18)7-9-8-17-12-4-2-1-3-11(9)12/h1-4,9,17H,5-8H2. The molecule has 1 N–H and O–H groups in total. The molecule has 0 aromatic heterocycles. The Morgan fingerprint density at radius 1 is 1.33 bits per heavy atom. The molecular formula is C13H14F3NO. The van der Waals surface area contributed by atoms with E-state index in [2.05, 4.69) is 5.32 Å². The molecule has 98 valence electrons. The molecule has 1 atom stereocenters. The highest BCUT2D eigenvalue weighted by Gasteiger charge is 2.29. The predicted molar refractivity (Wildman–Crippen MR) is 62.6 cm³/mol. The Balaban J connectivity index is 1.90. The van der Waals surface area contributed by atoms with Gasteiger partial charge in [0, 0.05) is 31.0 Å². The van der Waals surface area contributed by atoms with Gasteiger partial charge in [-0.15, -0.1) is 0 Å². The molecule has 1 aliphatic heterocycles.